The van der Waals surface area contributed by atoms with Crippen LogP contribution in [0, 0.1) is 0 Å². The van der Waals surface area contributed by atoms with Gasteiger partial charge >= 0.3 is 0 Å². The first-order chi connectivity index (χ1) is 9.69. The molecule has 6 heteroatoms. The van der Waals surface area contributed by atoms with Crippen LogP contribution in [-0.4, -0.2) is 52.4 Å². The van der Waals surface area contributed by atoms with Crippen molar-refractivity contribution >= 4 is 23.4 Å². The molecule has 2 unspecified atom stereocenters. The molecule has 0 saturated carbocycles. The van der Waals surface area contributed by atoms with E-state index in [1.807, 2.05) is 16.4 Å². The lowest BCUT2D eigenvalue weighted by atomic mass is 10.0. The van der Waals surface area contributed by atoms with Gasteiger partial charge in [-0.05, 0) is 26.9 Å². The minimum atomic E-state index is 0.252. The second-order valence-corrected chi connectivity index (χ2v) is 6.81. The van der Waals surface area contributed by atoms with E-state index in [1.54, 1.807) is 6.20 Å². The Morgan fingerprint density at radius 1 is 1.55 bits per heavy atom. The third kappa shape index (κ3) is 3.50. The summed E-state index contributed by atoms with van der Waals surface area (Å²) in [5.41, 5.74) is 1.14. The molecule has 4 nitrogen and oxygen atoms in total. The molecule has 2 heterocycles. The van der Waals surface area contributed by atoms with Gasteiger partial charge in [-0.1, -0.05) is 18.5 Å². The van der Waals surface area contributed by atoms with Crippen LogP contribution in [0.5, 0.6) is 0 Å². The van der Waals surface area contributed by atoms with Gasteiger partial charge < -0.3 is 5.32 Å². The largest absolute Gasteiger partial charge is 0.307 e. The Labute approximate surface area is 131 Å². The summed E-state index contributed by atoms with van der Waals surface area (Å²) in [6, 6.07) is 0.725. The monoisotopic (exact) mass is 316 g/mol. The first-order valence-corrected chi connectivity index (χ1v) is 8.94. The van der Waals surface area contributed by atoms with Crippen LogP contribution in [0.4, 0.5) is 0 Å². The Balaban J connectivity index is 2.28. The number of nitrogens with one attached hydrogen (secondary N) is 1. The van der Waals surface area contributed by atoms with Crippen LogP contribution in [0.15, 0.2) is 6.20 Å². The minimum Gasteiger partial charge on any atom is -0.307 e. The molecule has 20 heavy (non-hydrogen) atoms. The zero-order valence-electron chi connectivity index (χ0n) is 12.6. The molecule has 1 fully saturated rings. The number of aromatic nitrogens is 2. The van der Waals surface area contributed by atoms with Crippen molar-refractivity contribution in [2.75, 3.05) is 31.6 Å². The maximum Gasteiger partial charge on any atom is 0.0834 e. The number of halogens is 1. The topological polar surface area (TPSA) is 33.1 Å². The third-order valence-corrected chi connectivity index (χ3v) is 5.21. The fraction of sp³-hybridized carbons (Fsp3) is 0.786. The maximum absolute atomic E-state index is 6.42. The van der Waals surface area contributed by atoms with E-state index >= 15 is 0 Å². The van der Waals surface area contributed by atoms with Gasteiger partial charge in [0.2, 0.25) is 0 Å². The van der Waals surface area contributed by atoms with Gasteiger partial charge in [0.05, 0.1) is 23.0 Å². The first-order valence-electron chi connectivity index (χ1n) is 7.41. The number of nitrogens with zero attached hydrogens (tertiary/aromatic N) is 3. The zero-order valence-corrected chi connectivity index (χ0v) is 14.2. The highest BCUT2D eigenvalue weighted by atomic mass is 35.5. The lowest BCUT2D eigenvalue weighted by Crippen LogP contribution is -2.48. The van der Waals surface area contributed by atoms with Gasteiger partial charge in [0.1, 0.15) is 0 Å². The van der Waals surface area contributed by atoms with E-state index < -0.39 is 0 Å². The van der Waals surface area contributed by atoms with E-state index in [2.05, 4.69) is 36.2 Å². The van der Waals surface area contributed by atoms with Gasteiger partial charge in [0.15, 0.2) is 0 Å². The molecule has 114 valence electrons. The Bertz CT molecular complexity index is 423. The molecule has 2 atom stereocenters. The van der Waals surface area contributed by atoms with Crippen molar-refractivity contribution in [2.45, 2.75) is 38.9 Å². The average molecular weight is 317 g/mol. The third-order valence-electron chi connectivity index (χ3n) is 3.87. The summed E-state index contributed by atoms with van der Waals surface area (Å²) in [7, 11) is 2.21. The van der Waals surface area contributed by atoms with E-state index in [0.717, 1.165) is 42.5 Å². The van der Waals surface area contributed by atoms with E-state index in [1.165, 1.54) is 5.75 Å². The molecule has 0 aromatic carbocycles. The Kier molecular flexibility index (Phi) is 6.20. The van der Waals surface area contributed by atoms with E-state index in [-0.39, 0.29) is 6.04 Å². The smallest absolute Gasteiger partial charge is 0.0834 e. The van der Waals surface area contributed by atoms with Crippen molar-refractivity contribution in [3.8, 4) is 0 Å². The van der Waals surface area contributed by atoms with Crippen molar-refractivity contribution in [1.29, 1.82) is 0 Å². The number of likely N-dealkylation sites (N-methyl/N-ethyl adjacent to an activating group) is 1. The summed E-state index contributed by atoms with van der Waals surface area (Å²) in [4.78, 5) is 2.45. The zero-order chi connectivity index (χ0) is 14.5. The van der Waals surface area contributed by atoms with Gasteiger partial charge in [0, 0.05) is 30.6 Å². The Hall–Kier alpha value is -0.230. The minimum absolute atomic E-state index is 0.252. The molecule has 1 aliphatic rings. The number of rotatable bonds is 6. The normalized spacial score (nSPS) is 22.1. The molecule has 0 aliphatic carbocycles. The molecule has 0 amide bonds. The van der Waals surface area contributed by atoms with E-state index in [9.17, 15) is 0 Å². The van der Waals surface area contributed by atoms with Crippen LogP contribution in [0.1, 0.15) is 32.0 Å². The molecule has 0 bridgehead atoms. The number of aryl methyl sites for hydroxylation is 1. The highest BCUT2D eigenvalue weighted by Crippen LogP contribution is 2.31. The lowest BCUT2D eigenvalue weighted by Gasteiger charge is -2.38. The summed E-state index contributed by atoms with van der Waals surface area (Å²) in [5, 5.41) is 8.87. The number of hydrogen-bond acceptors (Lipinski definition) is 4. The first kappa shape index (κ1) is 16.1. The van der Waals surface area contributed by atoms with Crippen LogP contribution < -0.4 is 5.32 Å². The molecule has 2 rings (SSSR count). The highest BCUT2D eigenvalue weighted by Gasteiger charge is 2.32. The van der Waals surface area contributed by atoms with Crippen LogP contribution in [0.25, 0.3) is 0 Å². The van der Waals surface area contributed by atoms with Crippen LogP contribution in [0.3, 0.4) is 0 Å². The van der Waals surface area contributed by atoms with Crippen molar-refractivity contribution in [2.24, 2.45) is 0 Å². The lowest BCUT2D eigenvalue weighted by molar-refractivity contribution is 0.210. The standard InChI is InChI=1S/C14H25ClN4S/c1-4-6-16-13(12-10-20-8-7-18(12)3)14-11(15)9-17-19(14)5-2/h9,12-13,16H,4-8,10H2,1-3H3. The molecule has 1 aromatic rings. The second kappa shape index (κ2) is 7.69. The van der Waals surface area contributed by atoms with Gasteiger partial charge in [-0.15, -0.1) is 0 Å². The van der Waals surface area contributed by atoms with Crippen molar-refractivity contribution < 1.29 is 0 Å². The molecular weight excluding hydrogens is 292 g/mol. The summed E-state index contributed by atoms with van der Waals surface area (Å²) in [6.07, 6.45) is 2.90. The van der Waals surface area contributed by atoms with Gasteiger partial charge in [-0.2, -0.15) is 16.9 Å². The van der Waals surface area contributed by atoms with Crippen molar-refractivity contribution in [3.05, 3.63) is 16.9 Å². The van der Waals surface area contributed by atoms with Gasteiger partial charge in [0.25, 0.3) is 0 Å². The highest BCUT2D eigenvalue weighted by molar-refractivity contribution is 7.99. The van der Waals surface area contributed by atoms with E-state index in [4.69, 9.17) is 11.6 Å². The Morgan fingerprint density at radius 3 is 3.00 bits per heavy atom. The van der Waals surface area contributed by atoms with Crippen LogP contribution in [-0.2, 0) is 6.54 Å². The molecule has 1 aliphatic heterocycles. The molecule has 0 spiro atoms. The fourth-order valence-corrected chi connectivity index (χ4v) is 4.24. The molecule has 1 saturated heterocycles. The number of hydrogen-bond donors (Lipinski definition) is 1. The summed E-state index contributed by atoms with van der Waals surface area (Å²) in [6.45, 7) is 7.31. The van der Waals surface area contributed by atoms with Crippen LogP contribution in [0.2, 0.25) is 5.02 Å². The maximum atomic E-state index is 6.42. The van der Waals surface area contributed by atoms with Crippen molar-refractivity contribution in [1.82, 2.24) is 20.0 Å². The predicted octanol–water partition coefficient (Wildman–Crippen LogP) is 2.64. The van der Waals surface area contributed by atoms with Gasteiger partial charge in [-0.3, -0.25) is 9.58 Å². The summed E-state index contributed by atoms with van der Waals surface area (Å²) < 4.78 is 2.03. The average Bonchev–Trinajstić information content (AvgIpc) is 2.82. The SMILES string of the molecule is CCCNC(c1c(Cl)cnn1CC)C1CSCCN1C. The second-order valence-electron chi connectivity index (χ2n) is 5.25. The summed E-state index contributed by atoms with van der Waals surface area (Å²) >= 11 is 8.45. The molecule has 1 N–H and O–H groups in total. The van der Waals surface area contributed by atoms with Crippen molar-refractivity contribution in [3.63, 3.8) is 0 Å². The molecule has 1 aromatic heterocycles. The molecular formula is C14H25ClN4S. The number of thioether (sulfide) groups is 1. The fourth-order valence-electron chi connectivity index (χ4n) is 2.70. The molecule has 0 radical (unpaired) electrons. The quantitative estimate of drug-likeness (QED) is 0.874. The van der Waals surface area contributed by atoms with Gasteiger partial charge in [-0.25, -0.2) is 0 Å². The van der Waals surface area contributed by atoms with E-state index in [0.29, 0.717) is 6.04 Å². The predicted molar refractivity (Wildman–Crippen MR) is 87.7 cm³/mol. The summed E-state index contributed by atoms with van der Waals surface area (Å²) in [5.74, 6) is 2.36. The Morgan fingerprint density at radius 2 is 2.35 bits per heavy atom. The van der Waals surface area contributed by atoms with Crippen LogP contribution >= 0.6 is 23.4 Å².